The number of carbonyl (C=O) groups excluding carboxylic acids is 1. The molecule has 0 radical (unpaired) electrons. The molecule has 4 aromatic rings. The molecule has 1 aliphatic heterocycles. The van der Waals surface area contributed by atoms with E-state index in [1.807, 2.05) is 36.5 Å². The summed E-state index contributed by atoms with van der Waals surface area (Å²) in [6.45, 7) is 13.1. The normalized spacial score (nSPS) is 16.2. The zero-order chi connectivity index (χ0) is 28.4. The van der Waals surface area contributed by atoms with Crippen LogP contribution in [0.1, 0.15) is 13.8 Å². The number of benzene rings is 1. The molecule has 1 N–H and O–H groups in total. The van der Waals surface area contributed by atoms with Crippen molar-refractivity contribution in [3.05, 3.63) is 49.1 Å². The summed E-state index contributed by atoms with van der Waals surface area (Å²) in [4.78, 5) is 26.0. The minimum atomic E-state index is -1.12. The van der Waals surface area contributed by atoms with E-state index in [4.69, 9.17) is 9.72 Å². The summed E-state index contributed by atoms with van der Waals surface area (Å²) in [7, 11) is -1.12. The Morgan fingerprint density at radius 3 is 2.58 bits per heavy atom. The van der Waals surface area contributed by atoms with E-state index in [9.17, 15) is 9.90 Å². The van der Waals surface area contributed by atoms with Crippen molar-refractivity contribution in [2.24, 2.45) is 5.92 Å². The van der Waals surface area contributed by atoms with Crippen LogP contribution in [0.25, 0.3) is 28.2 Å². The maximum absolute atomic E-state index is 13.2. The Balaban J connectivity index is 1.34. The molecule has 0 bridgehead atoms. The molecule has 3 aromatic heterocycles. The Bertz CT molecular complexity index is 1460. The monoisotopic (exact) mass is 562 g/mol. The van der Waals surface area contributed by atoms with Crippen molar-refractivity contribution in [1.82, 2.24) is 34.3 Å². The number of carbonyl (C=O) groups is 1. The molecule has 1 atom stereocenters. The van der Waals surface area contributed by atoms with Crippen molar-refractivity contribution in [3.8, 4) is 22.5 Å². The van der Waals surface area contributed by atoms with Crippen LogP contribution < -0.4 is 4.90 Å². The molecule has 1 aromatic carbocycles. The molecule has 212 valence electrons. The first kappa shape index (κ1) is 27.9. The van der Waals surface area contributed by atoms with Gasteiger partial charge in [0.2, 0.25) is 0 Å². The van der Waals surface area contributed by atoms with E-state index >= 15 is 0 Å². The minimum Gasteiger partial charge on any atom is -0.395 e. The highest BCUT2D eigenvalue weighted by Crippen LogP contribution is 2.31. The van der Waals surface area contributed by atoms with Gasteiger partial charge in [0.05, 0.1) is 18.8 Å². The number of hydrogen-bond donors (Lipinski definition) is 1. The van der Waals surface area contributed by atoms with Gasteiger partial charge in [0.25, 0.3) is 0 Å². The van der Waals surface area contributed by atoms with Crippen LogP contribution >= 0.6 is 0 Å². The van der Waals surface area contributed by atoms with Gasteiger partial charge in [-0.3, -0.25) is 4.90 Å². The Hall–Kier alpha value is -3.61. The molecule has 0 saturated carbocycles. The number of aliphatic hydroxyl groups is 1. The van der Waals surface area contributed by atoms with Gasteiger partial charge >= 0.3 is 6.03 Å². The van der Waals surface area contributed by atoms with Gasteiger partial charge < -0.3 is 14.7 Å². The van der Waals surface area contributed by atoms with Gasteiger partial charge in [-0.2, -0.15) is 5.10 Å². The summed E-state index contributed by atoms with van der Waals surface area (Å²) in [6.07, 6.45) is 5.31. The first-order chi connectivity index (χ1) is 19.1. The lowest BCUT2D eigenvalue weighted by atomic mass is 10.0. The highest BCUT2D eigenvalue weighted by molar-refractivity contribution is 6.76. The molecule has 1 saturated heterocycles. The van der Waals surface area contributed by atoms with Gasteiger partial charge in [0.15, 0.2) is 11.5 Å². The fourth-order valence-corrected chi connectivity index (χ4v) is 5.54. The molecule has 5 rings (SSSR count). The number of aromatic nitrogens is 6. The number of amides is 2. The van der Waals surface area contributed by atoms with Crippen LogP contribution in [-0.4, -0.2) is 85.8 Å². The van der Waals surface area contributed by atoms with Gasteiger partial charge in [-0.1, -0.05) is 57.8 Å². The number of fused-ring (bicyclic) bond motifs is 1. The van der Waals surface area contributed by atoms with Crippen molar-refractivity contribution >= 4 is 25.6 Å². The van der Waals surface area contributed by atoms with Crippen molar-refractivity contribution in [3.63, 3.8) is 0 Å². The van der Waals surface area contributed by atoms with Gasteiger partial charge in [0, 0.05) is 45.1 Å². The summed E-state index contributed by atoms with van der Waals surface area (Å²) in [5, 5.41) is 18.5. The maximum atomic E-state index is 13.2. The number of aliphatic hydroxyl groups excluding tert-OH is 1. The lowest BCUT2D eigenvalue weighted by Crippen LogP contribution is -2.38. The Labute approximate surface area is 235 Å². The summed E-state index contributed by atoms with van der Waals surface area (Å²) < 4.78 is 9.22. The van der Waals surface area contributed by atoms with Crippen LogP contribution in [0.5, 0.6) is 0 Å². The van der Waals surface area contributed by atoms with E-state index in [1.54, 1.807) is 31.5 Å². The molecule has 11 nitrogen and oxygen atoms in total. The van der Waals surface area contributed by atoms with Crippen LogP contribution in [-0.2, 0) is 11.5 Å². The summed E-state index contributed by atoms with van der Waals surface area (Å²) in [6, 6.07) is 10.8. The molecule has 0 aliphatic carbocycles. The number of anilines is 1. The van der Waals surface area contributed by atoms with Crippen LogP contribution in [0.3, 0.4) is 0 Å². The van der Waals surface area contributed by atoms with E-state index in [-0.39, 0.29) is 24.6 Å². The number of nitrogens with zero attached hydrogens (tertiary/aromatic N) is 8. The molecule has 1 fully saturated rings. The largest absolute Gasteiger partial charge is 0.395 e. The average Bonchev–Trinajstić information content (AvgIpc) is 3.64. The van der Waals surface area contributed by atoms with Crippen molar-refractivity contribution in [2.75, 3.05) is 31.2 Å². The molecule has 40 heavy (non-hydrogen) atoms. The average molecular weight is 563 g/mol. The highest BCUT2D eigenvalue weighted by Gasteiger charge is 2.40. The predicted molar refractivity (Wildman–Crippen MR) is 157 cm³/mol. The molecule has 4 heterocycles. The van der Waals surface area contributed by atoms with Crippen molar-refractivity contribution in [2.45, 2.75) is 52.3 Å². The number of ether oxygens (including phenoxy) is 1. The molecule has 12 heteroatoms. The second kappa shape index (κ2) is 11.5. The third kappa shape index (κ3) is 5.93. The Kier molecular flexibility index (Phi) is 8.01. The van der Waals surface area contributed by atoms with E-state index in [0.717, 1.165) is 29.3 Å². The number of rotatable bonds is 11. The SMILES string of the molecule is CC(C)C1CN(CCO)C(=O)N1c1ccn2ncc(-c3ccc(-c4ncn(COCC[Si](C)(C)C)n4)cc3)c2n1. The molecule has 1 unspecified atom stereocenters. The van der Waals surface area contributed by atoms with E-state index in [1.165, 1.54) is 0 Å². The number of hydrogen-bond acceptors (Lipinski definition) is 7. The zero-order valence-electron chi connectivity index (χ0n) is 23.9. The molecular formula is C28H38N8O3Si. The number of urea groups is 1. The first-order valence-electron chi connectivity index (χ1n) is 13.8. The van der Waals surface area contributed by atoms with Crippen molar-refractivity contribution in [1.29, 1.82) is 0 Å². The Morgan fingerprint density at radius 2 is 1.88 bits per heavy atom. The predicted octanol–water partition coefficient (Wildman–Crippen LogP) is 4.23. The minimum absolute atomic E-state index is 0.0299. The second-order valence-electron chi connectivity index (χ2n) is 11.8. The quantitative estimate of drug-likeness (QED) is 0.215. The number of β-amino-alcohol motifs (C(OH)–C–C–N with tert-alkyl or cyclic N) is 1. The third-order valence-corrected chi connectivity index (χ3v) is 8.87. The summed E-state index contributed by atoms with van der Waals surface area (Å²) in [5.41, 5.74) is 3.38. The first-order valence-corrected chi connectivity index (χ1v) is 17.5. The Morgan fingerprint density at radius 1 is 1.12 bits per heavy atom. The van der Waals surface area contributed by atoms with E-state index in [0.29, 0.717) is 37.1 Å². The molecular weight excluding hydrogens is 524 g/mol. The van der Waals surface area contributed by atoms with Crippen LogP contribution in [0.2, 0.25) is 25.7 Å². The highest BCUT2D eigenvalue weighted by atomic mass is 28.3. The lowest BCUT2D eigenvalue weighted by molar-refractivity contribution is 0.0785. The second-order valence-corrected chi connectivity index (χ2v) is 17.4. The van der Waals surface area contributed by atoms with Crippen LogP contribution in [0, 0.1) is 5.92 Å². The molecule has 2 amide bonds. The van der Waals surface area contributed by atoms with E-state index < -0.39 is 8.07 Å². The van der Waals surface area contributed by atoms with Gasteiger partial charge in [0.1, 0.15) is 18.9 Å². The lowest BCUT2D eigenvalue weighted by Gasteiger charge is -2.25. The standard InChI is InChI=1S/C28H38N8O3Si/c1-20(2)24-17-33(12-13-37)28(38)36(24)25-10-11-35-27(31-25)23(16-30-35)21-6-8-22(9-7-21)26-29-18-34(32-26)19-39-14-15-40(3,4)5/h6-11,16,18,20,24,37H,12-15,17,19H2,1-5H3. The fraction of sp³-hybridized carbons (Fsp3) is 0.464. The van der Waals surface area contributed by atoms with Gasteiger partial charge in [-0.15, -0.1) is 5.10 Å². The van der Waals surface area contributed by atoms with Crippen molar-refractivity contribution < 1.29 is 14.6 Å². The third-order valence-electron chi connectivity index (χ3n) is 7.17. The summed E-state index contributed by atoms with van der Waals surface area (Å²) >= 11 is 0. The summed E-state index contributed by atoms with van der Waals surface area (Å²) in [5.74, 6) is 1.45. The molecule has 0 spiro atoms. The zero-order valence-corrected chi connectivity index (χ0v) is 24.9. The topological polar surface area (TPSA) is 114 Å². The van der Waals surface area contributed by atoms with Crippen LogP contribution in [0.15, 0.2) is 49.1 Å². The fourth-order valence-electron chi connectivity index (χ4n) is 4.79. The maximum Gasteiger partial charge on any atom is 0.326 e. The van der Waals surface area contributed by atoms with Crippen LogP contribution in [0.4, 0.5) is 10.6 Å². The van der Waals surface area contributed by atoms with Gasteiger partial charge in [-0.25, -0.2) is 24.0 Å². The molecule has 1 aliphatic rings. The van der Waals surface area contributed by atoms with Gasteiger partial charge in [-0.05, 0) is 23.6 Å². The smallest absolute Gasteiger partial charge is 0.326 e. The van der Waals surface area contributed by atoms with E-state index in [2.05, 4.69) is 48.7 Å².